The number of nitrogens with zero attached hydrogens (tertiary/aromatic N) is 4. The van der Waals surface area contributed by atoms with Gasteiger partial charge in [0.05, 0.1) is 43.8 Å². The molecule has 0 bridgehead atoms. The number of ether oxygens (including phenoxy) is 3. The zero-order chi connectivity index (χ0) is 34.6. The maximum Gasteiger partial charge on any atom is 0.256 e. The van der Waals surface area contributed by atoms with Crippen LogP contribution in [0.3, 0.4) is 0 Å². The smallest absolute Gasteiger partial charge is 0.256 e. The largest absolute Gasteiger partial charge is 0.493 e. The summed E-state index contributed by atoms with van der Waals surface area (Å²) in [6.45, 7) is 1.99. The predicted octanol–water partition coefficient (Wildman–Crippen LogP) is 8.29. The Kier molecular flexibility index (Phi) is 9.07. The van der Waals surface area contributed by atoms with E-state index in [0.29, 0.717) is 34.4 Å². The fourth-order valence-corrected chi connectivity index (χ4v) is 6.36. The van der Waals surface area contributed by atoms with Crippen LogP contribution in [0.5, 0.6) is 17.2 Å². The number of hydrogen-bond donors (Lipinski definition) is 2. The molecule has 0 saturated carbocycles. The van der Waals surface area contributed by atoms with Gasteiger partial charge in [-0.15, -0.1) is 0 Å². The summed E-state index contributed by atoms with van der Waals surface area (Å²) in [5.41, 5.74) is 9.11. The Balaban J connectivity index is 1.23. The highest BCUT2D eigenvalue weighted by molar-refractivity contribution is 6.14. The number of rotatable bonds is 9. The monoisotopic (exact) mass is 664 g/mol. The number of anilines is 3. The molecule has 50 heavy (non-hydrogen) atoms. The zero-order valence-electron chi connectivity index (χ0n) is 28.3. The van der Waals surface area contributed by atoms with Gasteiger partial charge in [0.15, 0.2) is 11.5 Å². The first-order valence-electron chi connectivity index (χ1n) is 16.3. The summed E-state index contributed by atoms with van der Waals surface area (Å²) in [7, 11) is 4.79. The highest BCUT2D eigenvalue weighted by atomic mass is 16.5. The Morgan fingerprint density at radius 1 is 0.860 bits per heavy atom. The third-order valence-electron chi connectivity index (χ3n) is 8.78. The molecule has 3 aromatic carbocycles. The van der Waals surface area contributed by atoms with Crippen molar-refractivity contribution >= 4 is 45.8 Å². The van der Waals surface area contributed by atoms with E-state index in [1.807, 2.05) is 79.7 Å². The first-order valence-corrected chi connectivity index (χ1v) is 16.3. The van der Waals surface area contributed by atoms with Crippen LogP contribution in [-0.2, 0) is 6.42 Å². The fourth-order valence-electron chi connectivity index (χ4n) is 6.36. The normalized spacial score (nSPS) is 13.1. The third kappa shape index (κ3) is 6.43. The maximum atomic E-state index is 14.3. The van der Waals surface area contributed by atoms with Crippen molar-refractivity contribution in [2.24, 2.45) is 0 Å². The van der Waals surface area contributed by atoms with Crippen LogP contribution in [0.4, 0.5) is 17.3 Å². The van der Waals surface area contributed by atoms with E-state index in [9.17, 15) is 4.79 Å². The molecule has 3 aromatic heterocycles. The lowest BCUT2D eigenvalue weighted by Crippen LogP contribution is -2.19. The van der Waals surface area contributed by atoms with Gasteiger partial charge in [-0.25, -0.2) is 15.0 Å². The molecule has 1 aliphatic rings. The average molecular weight is 665 g/mol. The van der Waals surface area contributed by atoms with Gasteiger partial charge in [0.2, 0.25) is 11.7 Å². The SMILES string of the molecule is COc1cc(/C=C2/CCCc3c2nc2ccccc2c3C(=O)Nc2ccc(C)c(Nc3nccc(-c4cccnc4)n3)c2)cc(OC)c1OC. The van der Waals surface area contributed by atoms with E-state index < -0.39 is 0 Å². The lowest BCUT2D eigenvalue weighted by atomic mass is 9.85. The molecule has 0 atom stereocenters. The zero-order valence-corrected chi connectivity index (χ0v) is 28.3. The second-order valence-electron chi connectivity index (χ2n) is 11.9. The molecule has 10 nitrogen and oxygen atoms in total. The summed E-state index contributed by atoms with van der Waals surface area (Å²) >= 11 is 0. The van der Waals surface area contributed by atoms with Crippen molar-refractivity contribution in [3.05, 3.63) is 119 Å². The molecule has 0 fully saturated rings. The minimum atomic E-state index is -0.196. The van der Waals surface area contributed by atoms with Crippen molar-refractivity contribution in [1.82, 2.24) is 19.9 Å². The predicted molar refractivity (Wildman–Crippen MR) is 196 cm³/mol. The van der Waals surface area contributed by atoms with E-state index >= 15 is 0 Å². The molecule has 0 saturated heterocycles. The van der Waals surface area contributed by atoms with Crippen molar-refractivity contribution in [3.63, 3.8) is 0 Å². The van der Waals surface area contributed by atoms with Crippen molar-refractivity contribution in [1.29, 1.82) is 0 Å². The van der Waals surface area contributed by atoms with E-state index in [2.05, 4.69) is 31.7 Å². The van der Waals surface area contributed by atoms with Gasteiger partial charge in [-0.1, -0.05) is 24.3 Å². The lowest BCUT2D eigenvalue weighted by Gasteiger charge is -2.23. The number of pyridine rings is 2. The maximum absolute atomic E-state index is 14.3. The highest BCUT2D eigenvalue weighted by Gasteiger charge is 2.26. The summed E-state index contributed by atoms with van der Waals surface area (Å²) in [4.78, 5) is 32.7. The number of fused-ring (bicyclic) bond motifs is 2. The Morgan fingerprint density at radius 2 is 1.68 bits per heavy atom. The number of methoxy groups -OCH3 is 3. The molecule has 0 aliphatic heterocycles. The Labute approximate surface area is 290 Å². The van der Waals surface area contributed by atoms with Crippen molar-refractivity contribution in [2.45, 2.75) is 26.2 Å². The van der Waals surface area contributed by atoms with Gasteiger partial charge in [-0.3, -0.25) is 9.78 Å². The molecule has 1 amide bonds. The van der Waals surface area contributed by atoms with Crippen LogP contribution >= 0.6 is 0 Å². The fraction of sp³-hybridized carbons (Fsp3) is 0.175. The van der Waals surface area contributed by atoms with Crippen LogP contribution in [0.15, 0.2) is 91.4 Å². The summed E-state index contributed by atoms with van der Waals surface area (Å²) < 4.78 is 16.7. The van der Waals surface area contributed by atoms with E-state index in [1.54, 1.807) is 39.9 Å². The lowest BCUT2D eigenvalue weighted by molar-refractivity contribution is 0.102. The second-order valence-corrected chi connectivity index (χ2v) is 11.9. The van der Waals surface area contributed by atoms with Crippen LogP contribution in [-0.4, -0.2) is 47.2 Å². The molecule has 7 rings (SSSR count). The van der Waals surface area contributed by atoms with Gasteiger partial charge in [0, 0.05) is 40.9 Å². The Hall–Kier alpha value is -6.29. The molecule has 0 radical (unpaired) electrons. The molecule has 10 heteroatoms. The summed E-state index contributed by atoms with van der Waals surface area (Å²) in [5.74, 6) is 1.92. The average Bonchev–Trinajstić information content (AvgIpc) is 3.15. The van der Waals surface area contributed by atoms with Gasteiger partial charge < -0.3 is 24.8 Å². The van der Waals surface area contributed by atoms with Crippen molar-refractivity contribution < 1.29 is 19.0 Å². The van der Waals surface area contributed by atoms with Gasteiger partial charge in [0.25, 0.3) is 5.91 Å². The van der Waals surface area contributed by atoms with Gasteiger partial charge in [0.1, 0.15) is 0 Å². The van der Waals surface area contributed by atoms with E-state index in [4.69, 9.17) is 19.2 Å². The van der Waals surface area contributed by atoms with Gasteiger partial charge >= 0.3 is 0 Å². The number of amides is 1. The Bertz CT molecular complexity index is 2230. The number of allylic oxidation sites excluding steroid dienone is 1. The van der Waals surface area contributed by atoms with E-state index in [0.717, 1.165) is 75.1 Å². The minimum Gasteiger partial charge on any atom is -0.493 e. The molecule has 250 valence electrons. The number of aromatic nitrogens is 4. The highest BCUT2D eigenvalue weighted by Crippen LogP contribution is 2.41. The minimum absolute atomic E-state index is 0.196. The first-order chi connectivity index (χ1) is 24.4. The van der Waals surface area contributed by atoms with Crippen molar-refractivity contribution in [2.75, 3.05) is 32.0 Å². The molecule has 0 spiro atoms. The molecular weight excluding hydrogens is 628 g/mol. The molecule has 3 heterocycles. The topological polar surface area (TPSA) is 120 Å². The quantitative estimate of drug-likeness (QED) is 0.157. The summed E-state index contributed by atoms with van der Waals surface area (Å²) in [5, 5.41) is 7.32. The molecular formula is C40H36N6O4. The summed E-state index contributed by atoms with van der Waals surface area (Å²) in [6, 6.07) is 23.1. The number of benzene rings is 3. The van der Waals surface area contributed by atoms with E-state index in [1.165, 1.54) is 0 Å². The molecule has 1 aliphatic carbocycles. The molecule has 2 N–H and O–H groups in total. The standard InChI is InChI=1S/C40H36N6O4/c1-24-14-15-28(22-33(24)46-40-42-18-16-31(45-40)27-10-8-17-41-23-27)43-39(47)36-29-11-5-6-13-32(29)44-37-26(9-7-12-30(36)37)19-25-20-34(48-2)38(50-4)35(21-25)49-3/h5-6,8,10-11,13-23H,7,9,12H2,1-4H3,(H,43,47)(H,42,45,46)/b26-19-. The third-order valence-corrected chi connectivity index (χ3v) is 8.78. The Morgan fingerprint density at radius 3 is 2.44 bits per heavy atom. The number of carbonyl (C=O) groups excluding carboxylic acids is 1. The number of nitrogens with one attached hydrogen (secondary N) is 2. The molecule has 0 unspecified atom stereocenters. The first kappa shape index (κ1) is 32.3. The van der Waals surface area contributed by atoms with E-state index in [-0.39, 0.29) is 5.91 Å². The number of aryl methyl sites for hydroxylation is 1. The number of hydrogen-bond acceptors (Lipinski definition) is 9. The number of para-hydroxylation sites is 1. The molecule has 6 aromatic rings. The summed E-state index contributed by atoms with van der Waals surface area (Å²) in [6.07, 6.45) is 9.71. The second kappa shape index (κ2) is 14.1. The van der Waals surface area contributed by atoms with Crippen LogP contribution < -0.4 is 24.8 Å². The number of carbonyl (C=O) groups is 1. The van der Waals surface area contributed by atoms with Crippen LogP contribution in [0, 0.1) is 6.92 Å². The van der Waals surface area contributed by atoms with Crippen LogP contribution in [0.2, 0.25) is 0 Å². The van der Waals surface area contributed by atoms with Crippen LogP contribution in [0.1, 0.15) is 45.6 Å². The van der Waals surface area contributed by atoms with Crippen LogP contribution in [0.25, 0.3) is 33.8 Å². The van der Waals surface area contributed by atoms with Crippen molar-refractivity contribution in [3.8, 4) is 28.5 Å². The van der Waals surface area contributed by atoms with Gasteiger partial charge in [-0.05, 0) is 103 Å². The van der Waals surface area contributed by atoms with Gasteiger partial charge in [-0.2, -0.15) is 0 Å².